The van der Waals surface area contributed by atoms with Crippen LogP contribution in [-0.2, 0) is 6.54 Å². The molecule has 0 saturated heterocycles. The summed E-state index contributed by atoms with van der Waals surface area (Å²) in [6, 6.07) is 12.7. The molecular weight excluding hydrogens is 304 g/mol. The number of benzene rings is 2. The Bertz CT molecular complexity index is 688. The van der Waals surface area contributed by atoms with E-state index in [-0.39, 0.29) is 0 Å². The molecule has 1 aliphatic rings. The van der Waals surface area contributed by atoms with Crippen LogP contribution in [0.1, 0.15) is 15.9 Å². The van der Waals surface area contributed by atoms with Crippen molar-refractivity contribution in [2.45, 2.75) is 6.54 Å². The Balaban J connectivity index is 1.89. The van der Waals surface area contributed by atoms with Gasteiger partial charge in [-0.1, -0.05) is 23.7 Å². The number of halogens is 1. The minimum atomic E-state index is -0.542. The van der Waals surface area contributed by atoms with Crippen molar-refractivity contribution in [3.63, 3.8) is 0 Å². The normalized spacial score (nSPS) is 13.3. The Morgan fingerprint density at radius 2 is 2.05 bits per heavy atom. The first-order valence-electron chi connectivity index (χ1n) is 6.88. The average Bonchev–Trinajstić information content (AvgIpc) is 2.56. The Labute approximate surface area is 133 Å². The number of ether oxygens (including phenoxy) is 1. The first-order chi connectivity index (χ1) is 10.7. The fraction of sp³-hybridized carbons (Fsp3) is 0.188. The molecule has 0 spiro atoms. The summed E-state index contributed by atoms with van der Waals surface area (Å²) >= 11 is 5.91. The third-order valence-corrected chi connectivity index (χ3v) is 3.82. The van der Waals surface area contributed by atoms with Gasteiger partial charge in [0.1, 0.15) is 12.4 Å². The number of nitrogens with one attached hydrogen (secondary N) is 1. The van der Waals surface area contributed by atoms with Gasteiger partial charge in [0.05, 0.1) is 12.2 Å². The van der Waals surface area contributed by atoms with Crippen molar-refractivity contribution in [3.8, 4) is 5.75 Å². The molecule has 114 valence electrons. The first kappa shape index (κ1) is 14.7. The molecule has 1 aliphatic heterocycles. The lowest BCUT2D eigenvalue weighted by Crippen LogP contribution is -2.32. The number of fused-ring (bicyclic) bond motifs is 1. The van der Waals surface area contributed by atoms with Crippen LogP contribution in [0.25, 0.3) is 0 Å². The molecule has 22 heavy (non-hydrogen) atoms. The van der Waals surface area contributed by atoms with E-state index >= 15 is 0 Å². The van der Waals surface area contributed by atoms with Crippen LogP contribution in [0, 0.1) is 0 Å². The molecule has 3 rings (SSSR count). The average molecular weight is 319 g/mol. The minimum Gasteiger partial charge on any atom is -0.490 e. The van der Waals surface area contributed by atoms with Crippen LogP contribution in [0.4, 0.5) is 5.69 Å². The number of carbonyl (C=O) groups is 1. The van der Waals surface area contributed by atoms with Crippen molar-refractivity contribution in [2.75, 3.05) is 18.1 Å². The third kappa shape index (κ3) is 3.00. The Kier molecular flexibility index (Phi) is 4.18. The Morgan fingerprint density at radius 1 is 1.27 bits per heavy atom. The van der Waals surface area contributed by atoms with Gasteiger partial charge in [-0.15, -0.1) is 0 Å². The molecule has 0 unspecified atom stereocenters. The molecule has 0 bridgehead atoms. The summed E-state index contributed by atoms with van der Waals surface area (Å²) in [5, 5.41) is 9.46. The van der Waals surface area contributed by atoms with Crippen LogP contribution in [0.3, 0.4) is 0 Å². The van der Waals surface area contributed by atoms with E-state index in [1.807, 2.05) is 24.3 Å². The van der Waals surface area contributed by atoms with E-state index in [4.69, 9.17) is 21.5 Å². The predicted octanol–water partition coefficient (Wildman–Crippen LogP) is 2.86. The van der Waals surface area contributed by atoms with Gasteiger partial charge in [0, 0.05) is 17.1 Å². The predicted molar refractivity (Wildman–Crippen MR) is 83.7 cm³/mol. The smallest absolute Gasteiger partial charge is 0.274 e. The number of hydroxylamine groups is 1. The van der Waals surface area contributed by atoms with Crippen LogP contribution in [0.15, 0.2) is 42.5 Å². The largest absolute Gasteiger partial charge is 0.490 e. The van der Waals surface area contributed by atoms with Gasteiger partial charge in [0.2, 0.25) is 0 Å². The van der Waals surface area contributed by atoms with Gasteiger partial charge < -0.3 is 9.64 Å². The lowest BCUT2D eigenvalue weighted by Gasteiger charge is -2.31. The zero-order valence-electron chi connectivity index (χ0n) is 11.8. The van der Waals surface area contributed by atoms with E-state index in [2.05, 4.69) is 4.90 Å². The van der Waals surface area contributed by atoms with E-state index in [0.29, 0.717) is 23.7 Å². The van der Waals surface area contributed by atoms with Gasteiger partial charge in [0.25, 0.3) is 5.91 Å². The summed E-state index contributed by atoms with van der Waals surface area (Å²) in [7, 11) is 0. The summed E-state index contributed by atoms with van der Waals surface area (Å²) in [6.45, 7) is 2.00. The lowest BCUT2D eigenvalue weighted by molar-refractivity contribution is 0.0706. The summed E-state index contributed by atoms with van der Waals surface area (Å²) in [5.41, 5.74) is 3.98. The van der Waals surface area contributed by atoms with Crippen molar-refractivity contribution in [3.05, 3.63) is 58.6 Å². The fourth-order valence-electron chi connectivity index (χ4n) is 2.45. The number of nitrogens with zero attached hydrogens (tertiary/aromatic N) is 1. The van der Waals surface area contributed by atoms with Gasteiger partial charge in [-0.25, -0.2) is 5.48 Å². The molecule has 0 radical (unpaired) electrons. The molecule has 0 aromatic heterocycles. The van der Waals surface area contributed by atoms with E-state index in [1.165, 1.54) is 0 Å². The summed E-state index contributed by atoms with van der Waals surface area (Å²) in [6.07, 6.45) is 0. The highest BCUT2D eigenvalue weighted by atomic mass is 35.5. The first-order valence-corrected chi connectivity index (χ1v) is 7.26. The molecular formula is C16H15ClN2O3. The molecule has 2 aromatic rings. The van der Waals surface area contributed by atoms with E-state index in [0.717, 1.165) is 23.5 Å². The quantitative estimate of drug-likeness (QED) is 0.675. The summed E-state index contributed by atoms with van der Waals surface area (Å²) < 4.78 is 5.62. The Hall–Kier alpha value is -2.24. The van der Waals surface area contributed by atoms with E-state index < -0.39 is 5.91 Å². The maximum absolute atomic E-state index is 11.6. The van der Waals surface area contributed by atoms with E-state index in [9.17, 15) is 4.79 Å². The highest BCUT2D eigenvalue weighted by molar-refractivity contribution is 6.30. The van der Waals surface area contributed by atoms with E-state index in [1.54, 1.807) is 23.7 Å². The molecule has 2 aromatic carbocycles. The van der Waals surface area contributed by atoms with Crippen LogP contribution in [0.5, 0.6) is 5.75 Å². The zero-order valence-corrected chi connectivity index (χ0v) is 12.5. The standard InChI is InChI=1S/C16H15ClN2O3/c17-13-4-1-11(2-5-13)10-19-7-8-22-15-6-3-12(9-14(15)19)16(20)18-21/h1-6,9,21H,7-8,10H2,(H,18,20). The van der Waals surface area contributed by atoms with Gasteiger partial charge in [-0.3, -0.25) is 10.0 Å². The number of amides is 1. The topological polar surface area (TPSA) is 61.8 Å². The molecule has 1 amide bonds. The lowest BCUT2D eigenvalue weighted by atomic mass is 10.1. The molecule has 6 heteroatoms. The highest BCUT2D eigenvalue weighted by Crippen LogP contribution is 2.33. The second-order valence-electron chi connectivity index (χ2n) is 5.02. The van der Waals surface area contributed by atoms with Crippen molar-refractivity contribution in [1.82, 2.24) is 5.48 Å². The van der Waals surface area contributed by atoms with Crippen LogP contribution in [-0.4, -0.2) is 24.3 Å². The van der Waals surface area contributed by atoms with Gasteiger partial charge in [-0.05, 0) is 35.9 Å². The van der Waals surface area contributed by atoms with Crippen molar-refractivity contribution in [1.29, 1.82) is 0 Å². The van der Waals surface area contributed by atoms with Crippen LogP contribution < -0.4 is 15.1 Å². The van der Waals surface area contributed by atoms with Crippen molar-refractivity contribution < 1.29 is 14.7 Å². The van der Waals surface area contributed by atoms with Crippen LogP contribution >= 0.6 is 11.6 Å². The maximum Gasteiger partial charge on any atom is 0.274 e. The summed E-state index contributed by atoms with van der Waals surface area (Å²) in [5.74, 6) is 0.189. The SMILES string of the molecule is O=C(NO)c1ccc2c(c1)N(Cc1ccc(Cl)cc1)CCO2. The molecule has 0 saturated carbocycles. The van der Waals surface area contributed by atoms with Gasteiger partial charge in [-0.2, -0.15) is 0 Å². The Morgan fingerprint density at radius 3 is 2.77 bits per heavy atom. The number of hydrogen-bond acceptors (Lipinski definition) is 4. The molecule has 0 atom stereocenters. The van der Waals surface area contributed by atoms with Crippen molar-refractivity contribution in [2.24, 2.45) is 0 Å². The molecule has 0 aliphatic carbocycles. The van der Waals surface area contributed by atoms with Gasteiger partial charge in [0.15, 0.2) is 0 Å². The molecule has 5 nitrogen and oxygen atoms in total. The van der Waals surface area contributed by atoms with Crippen LogP contribution in [0.2, 0.25) is 5.02 Å². The highest BCUT2D eigenvalue weighted by Gasteiger charge is 2.20. The fourth-order valence-corrected chi connectivity index (χ4v) is 2.58. The number of carbonyl (C=O) groups excluding carboxylic acids is 1. The second kappa shape index (κ2) is 6.25. The van der Waals surface area contributed by atoms with Gasteiger partial charge >= 0.3 is 0 Å². The maximum atomic E-state index is 11.6. The monoisotopic (exact) mass is 318 g/mol. The molecule has 0 fully saturated rings. The zero-order chi connectivity index (χ0) is 15.5. The number of hydrogen-bond donors (Lipinski definition) is 2. The minimum absolute atomic E-state index is 0.382. The summed E-state index contributed by atoms with van der Waals surface area (Å²) in [4.78, 5) is 13.7. The molecule has 1 heterocycles. The second-order valence-corrected chi connectivity index (χ2v) is 5.46. The number of anilines is 1. The third-order valence-electron chi connectivity index (χ3n) is 3.57. The molecule has 2 N–H and O–H groups in total. The number of rotatable bonds is 3. The van der Waals surface area contributed by atoms with Crippen molar-refractivity contribution >= 4 is 23.2 Å².